The standard InChI is InChI=1S/C19H25N3O3/c1-3-25-18(23)9-13-22(12-6-11-21-14-10-20-15-21)19(24)17-8-5-4-7-16(17)2/h4-5,7-8,10,14-15H,3,6,9,11-13H2,1-2H3. The maximum Gasteiger partial charge on any atom is 0.307 e. The maximum atomic E-state index is 12.9. The highest BCUT2D eigenvalue weighted by molar-refractivity contribution is 5.95. The van der Waals surface area contributed by atoms with Crippen molar-refractivity contribution in [1.82, 2.24) is 14.5 Å². The number of esters is 1. The van der Waals surface area contributed by atoms with E-state index in [-0.39, 0.29) is 18.3 Å². The van der Waals surface area contributed by atoms with E-state index in [9.17, 15) is 9.59 Å². The summed E-state index contributed by atoms with van der Waals surface area (Å²) in [6.07, 6.45) is 6.38. The Balaban J connectivity index is 2.00. The Morgan fingerprint density at radius 1 is 1.24 bits per heavy atom. The number of rotatable bonds is 9. The first kappa shape index (κ1) is 18.7. The van der Waals surface area contributed by atoms with Gasteiger partial charge in [0.2, 0.25) is 0 Å². The van der Waals surface area contributed by atoms with E-state index >= 15 is 0 Å². The van der Waals surface area contributed by atoms with Gasteiger partial charge in [-0.3, -0.25) is 9.59 Å². The molecule has 1 aromatic carbocycles. The lowest BCUT2D eigenvalue weighted by Gasteiger charge is -2.23. The first-order valence-corrected chi connectivity index (χ1v) is 8.58. The van der Waals surface area contributed by atoms with Gasteiger partial charge in [-0.1, -0.05) is 18.2 Å². The Hall–Kier alpha value is -2.63. The molecule has 0 saturated heterocycles. The summed E-state index contributed by atoms with van der Waals surface area (Å²) in [7, 11) is 0. The predicted octanol–water partition coefficient (Wildman–Crippen LogP) is 2.68. The summed E-state index contributed by atoms with van der Waals surface area (Å²) in [5.74, 6) is -0.326. The second kappa shape index (κ2) is 9.61. The van der Waals surface area contributed by atoms with Crippen LogP contribution < -0.4 is 0 Å². The molecule has 1 aromatic heterocycles. The molecule has 0 aliphatic rings. The second-order valence-corrected chi connectivity index (χ2v) is 5.82. The molecule has 1 amide bonds. The fraction of sp³-hybridized carbons (Fsp3) is 0.421. The highest BCUT2D eigenvalue weighted by Gasteiger charge is 2.18. The van der Waals surface area contributed by atoms with Crippen molar-refractivity contribution in [2.75, 3.05) is 19.7 Å². The van der Waals surface area contributed by atoms with Crippen LogP contribution in [0.1, 0.15) is 35.7 Å². The summed E-state index contributed by atoms with van der Waals surface area (Å²) in [6, 6.07) is 7.51. The molecule has 0 radical (unpaired) electrons. The minimum Gasteiger partial charge on any atom is -0.466 e. The molecule has 0 spiro atoms. The zero-order valence-electron chi connectivity index (χ0n) is 14.9. The Labute approximate surface area is 148 Å². The fourth-order valence-corrected chi connectivity index (χ4v) is 2.62. The van der Waals surface area contributed by atoms with Crippen molar-refractivity contribution in [3.05, 3.63) is 54.1 Å². The predicted molar refractivity (Wildman–Crippen MR) is 95.2 cm³/mol. The minimum absolute atomic E-state index is 0.0481. The molecular formula is C19H25N3O3. The molecule has 0 atom stereocenters. The molecule has 6 nitrogen and oxygen atoms in total. The third-order valence-corrected chi connectivity index (χ3v) is 3.96. The third kappa shape index (κ3) is 5.74. The van der Waals surface area contributed by atoms with Crippen LogP contribution in [0.5, 0.6) is 0 Å². The normalized spacial score (nSPS) is 10.5. The lowest BCUT2D eigenvalue weighted by Crippen LogP contribution is -2.35. The van der Waals surface area contributed by atoms with Crippen molar-refractivity contribution >= 4 is 11.9 Å². The van der Waals surface area contributed by atoms with Gasteiger partial charge in [0.25, 0.3) is 5.91 Å². The Bertz CT molecular complexity index is 683. The van der Waals surface area contributed by atoms with Gasteiger partial charge in [-0.2, -0.15) is 0 Å². The molecule has 0 aliphatic carbocycles. The van der Waals surface area contributed by atoms with Crippen molar-refractivity contribution in [2.24, 2.45) is 0 Å². The van der Waals surface area contributed by atoms with Crippen LogP contribution in [-0.2, 0) is 16.1 Å². The van der Waals surface area contributed by atoms with Crippen LogP contribution in [0.15, 0.2) is 43.0 Å². The van der Waals surface area contributed by atoms with E-state index in [4.69, 9.17) is 4.74 Å². The molecule has 0 fully saturated rings. The van der Waals surface area contributed by atoms with Crippen molar-refractivity contribution in [3.8, 4) is 0 Å². The number of carbonyl (C=O) groups is 2. The number of hydrogen-bond donors (Lipinski definition) is 0. The van der Waals surface area contributed by atoms with Gasteiger partial charge in [0.15, 0.2) is 0 Å². The molecule has 25 heavy (non-hydrogen) atoms. The SMILES string of the molecule is CCOC(=O)CCN(CCCn1ccnc1)C(=O)c1ccccc1C. The number of carbonyl (C=O) groups excluding carboxylic acids is 2. The summed E-state index contributed by atoms with van der Waals surface area (Å²) in [4.78, 5) is 30.3. The van der Waals surface area contributed by atoms with Crippen LogP contribution in [0, 0.1) is 6.92 Å². The summed E-state index contributed by atoms with van der Waals surface area (Å²) >= 11 is 0. The quantitative estimate of drug-likeness (QED) is 0.657. The monoisotopic (exact) mass is 343 g/mol. The molecular weight excluding hydrogens is 318 g/mol. The van der Waals surface area contributed by atoms with Gasteiger partial charge in [0, 0.05) is 37.6 Å². The summed E-state index contributed by atoms with van der Waals surface area (Å²) in [6.45, 7) is 5.75. The number of imidazole rings is 1. The van der Waals surface area contributed by atoms with Crippen LogP contribution in [0.4, 0.5) is 0 Å². The zero-order valence-corrected chi connectivity index (χ0v) is 14.9. The van der Waals surface area contributed by atoms with E-state index < -0.39 is 0 Å². The Morgan fingerprint density at radius 3 is 2.72 bits per heavy atom. The van der Waals surface area contributed by atoms with E-state index in [1.54, 1.807) is 24.3 Å². The van der Waals surface area contributed by atoms with E-state index in [0.717, 1.165) is 18.5 Å². The molecule has 0 saturated carbocycles. The number of ether oxygens (including phenoxy) is 1. The molecule has 0 bridgehead atoms. The molecule has 134 valence electrons. The molecule has 2 rings (SSSR count). The van der Waals surface area contributed by atoms with Crippen LogP contribution >= 0.6 is 0 Å². The van der Waals surface area contributed by atoms with Crippen LogP contribution in [0.25, 0.3) is 0 Å². The van der Waals surface area contributed by atoms with Gasteiger partial charge in [-0.15, -0.1) is 0 Å². The van der Waals surface area contributed by atoms with E-state index in [1.165, 1.54) is 0 Å². The fourth-order valence-electron chi connectivity index (χ4n) is 2.62. The topological polar surface area (TPSA) is 64.4 Å². The number of benzene rings is 1. The van der Waals surface area contributed by atoms with Crippen molar-refractivity contribution in [2.45, 2.75) is 33.2 Å². The Morgan fingerprint density at radius 2 is 2.04 bits per heavy atom. The van der Waals surface area contributed by atoms with E-state index in [1.807, 2.05) is 42.0 Å². The molecule has 0 aliphatic heterocycles. The second-order valence-electron chi connectivity index (χ2n) is 5.82. The number of aromatic nitrogens is 2. The van der Waals surface area contributed by atoms with Crippen LogP contribution in [-0.4, -0.2) is 46.0 Å². The van der Waals surface area contributed by atoms with Crippen LogP contribution in [0.3, 0.4) is 0 Å². The lowest BCUT2D eigenvalue weighted by molar-refractivity contribution is -0.143. The highest BCUT2D eigenvalue weighted by atomic mass is 16.5. The smallest absolute Gasteiger partial charge is 0.307 e. The number of hydrogen-bond acceptors (Lipinski definition) is 4. The number of amides is 1. The molecule has 6 heteroatoms. The minimum atomic E-state index is -0.278. The Kier molecular flexibility index (Phi) is 7.19. The van der Waals surface area contributed by atoms with Gasteiger partial charge >= 0.3 is 5.97 Å². The molecule has 1 heterocycles. The van der Waals surface area contributed by atoms with Gasteiger partial charge in [-0.25, -0.2) is 4.98 Å². The summed E-state index contributed by atoms with van der Waals surface area (Å²) in [5, 5.41) is 0. The highest BCUT2D eigenvalue weighted by Crippen LogP contribution is 2.12. The lowest BCUT2D eigenvalue weighted by atomic mass is 10.1. The average Bonchev–Trinajstić information content (AvgIpc) is 3.11. The first-order valence-electron chi connectivity index (χ1n) is 8.58. The number of nitrogens with zero attached hydrogens (tertiary/aromatic N) is 3. The molecule has 0 unspecified atom stereocenters. The summed E-state index contributed by atoms with van der Waals surface area (Å²) in [5.41, 5.74) is 1.61. The van der Waals surface area contributed by atoms with Crippen molar-refractivity contribution < 1.29 is 14.3 Å². The molecule has 0 N–H and O–H groups in total. The maximum absolute atomic E-state index is 12.9. The zero-order chi connectivity index (χ0) is 18.1. The van der Waals surface area contributed by atoms with Gasteiger partial charge in [0.1, 0.15) is 0 Å². The largest absolute Gasteiger partial charge is 0.466 e. The summed E-state index contributed by atoms with van der Waals surface area (Å²) < 4.78 is 6.95. The molecule has 2 aromatic rings. The average molecular weight is 343 g/mol. The van der Waals surface area contributed by atoms with Gasteiger partial charge in [0.05, 0.1) is 19.4 Å². The van der Waals surface area contributed by atoms with Gasteiger partial charge < -0.3 is 14.2 Å². The van der Waals surface area contributed by atoms with E-state index in [2.05, 4.69) is 4.98 Å². The van der Waals surface area contributed by atoms with E-state index in [0.29, 0.717) is 25.3 Å². The first-order chi connectivity index (χ1) is 12.1. The van der Waals surface area contributed by atoms with Crippen molar-refractivity contribution in [1.29, 1.82) is 0 Å². The number of aryl methyl sites for hydroxylation is 2. The third-order valence-electron chi connectivity index (χ3n) is 3.96. The van der Waals surface area contributed by atoms with Gasteiger partial charge in [-0.05, 0) is 31.9 Å². The van der Waals surface area contributed by atoms with Crippen molar-refractivity contribution in [3.63, 3.8) is 0 Å². The van der Waals surface area contributed by atoms with Crippen LogP contribution in [0.2, 0.25) is 0 Å².